The molecule has 1 aromatic rings. The number of carboxylic acid groups (broad SMARTS) is 1. The first kappa shape index (κ1) is 9.88. The van der Waals surface area contributed by atoms with E-state index in [1.54, 1.807) is 4.80 Å². The van der Waals surface area contributed by atoms with Crippen LogP contribution in [0, 0.1) is 5.92 Å². The Bertz CT molecular complexity index is 318. The van der Waals surface area contributed by atoms with E-state index in [1.165, 1.54) is 11.2 Å². The average molecular weight is 211 g/mol. The van der Waals surface area contributed by atoms with Crippen molar-refractivity contribution in [2.45, 2.75) is 19.4 Å². The largest absolute Gasteiger partial charge is 0.465 e. The first-order valence-corrected chi connectivity index (χ1v) is 4.94. The maximum absolute atomic E-state index is 10.7. The van der Waals surface area contributed by atoms with Crippen LogP contribution in [0.5, 0.6) is 0 Å². The lowest BCUT2D eigenvalue weighted by molar-refractivity contribution is 0.120. The first-order valence-electron chi connectivity index (χ1n) is 4.94. The smallest absolute Gasteiger partial charge is 0.407 e. The molecule has 1 aliphatic rings. The molecule has 0 unspecified atom stereocenters. The maximum Gasteiger partial charge on any atom is 0.407 e. The van der Waals surface area contributed by atoms with Crippen molar-refractivity contribution in [3.05, 3.63) is 6.33 Å². The van der Waals surface area contributed by atoms with Gasteiger partial charge in [-0.15, -0.1) is 10.2 Å². The summed E-state index contributed by atoms with van der Waals surface area (Å²) in [6.07, 6.45) is 2.32. The molecule has 1 fully saturated rings. The van der Waals surface area contributed by atoms with Crippen molar-refractivity contribution < 1.29 is 9.90 Å². The van der Waals surface area contributed by atoms with Gasteiger partial charge in [-0.25, -0.2) is 4.79 Å². The van der Waals surface area contributed by atoms with E-state index >= 15 is 0 Å². The van der Waals surface area contributed by atoms with Gasteiger partial charge in [0.15, 0.2) is 6.33 Å². The van der Waals surface area contributed by atoms with Gasteiger partial charge in [-0.2, -0.15) is 4.80 Å². The van der Waals surface area contributed by atoms with Gasteiger partial charge in [-0.1, -0.05) is 0 Å². The van der Waals surface area contributed by atoms with Crippen LogP contribution in [0.15, 0.2) is 6.33 Å². The second-order valence-corrected chi connectivity index (χ2v) is 3.70. The number of carbonyl (C=O) groups is 1. The molecular weight excluding hydrogens is 198 g/mol. The zero-order valence-corrected chi connectivity index (χ0v) is 8.28. The molecule has 7 nitrogen and oxygen atoms in total. The van der Waals surface area contributed by atoms with Gasteiger partial charge in [0.2, 0.25) is 0 Å². The van der Waals surface area contributed by atoms with Crippen LogP contribution in [0.1, 0.15) is 12.8 Å². The third-order valence-electron chi connectivity index (χ3n) is 2.70. The highest BCUT2D eigenvalue weighted by Crippen LogP contribution is 2.18. The number of tetrazole rings is 1. The summed E-state index contributed by atoms with van der Waals surface area (Å²) in [7, 11) is 0. The lowest BCUT2D eigenvalue weighted by Crippen LogP contribution is -2.38. The second-order valence-electron chi connectivity index (χ2n) is 3.70. The van der Waals surface area contributed by atoms with E-state index in [0.717, 1.165) is 19.4 Å². The highest BCUT2D eigenvalue weighted by atomic mass is 16.4. The molecule has 0 radical (unpaired) electrons. The molecule has 2 heterocycles. The molecule has 82 valence electrons. The Morgan fingerprint density at radius 1 is 1.47 bits per heavy atom. The Morgan fingerprint density at radius 3 is 2.73 bits per heavy atom. The van der Waals surface area contributed by atoms with Gasteiger partial charge in [0.1, 0.15) is 0 Å². The van der Waals surface area contributed by atoms with Crippen molar-refractivity contribution in [3.63, 3.8) is 0 Å². The lowest BCUT2D eigenvalue weighted by atomic mass is 9.97. The van der Waals surface area contributed by atoms with Crippen LogP contribution in [0.4, 0.5) is 4.79 Å². The summed E-state index contributed by atoms with van der Waals surface area (Å²) in [6.45, 7) is 1.94. The highest BCUT2D eigenvalue weighted by Gasteiger charge is 2.22. The maximum atomic E-state index is 10.7. The quantitative estimate of drug-likeness (QED) is 0.747. The number of rotatable bonds is 2. The van der Waals surface area contributed by atoms with Crippen LogP contribution in [0.2, 0.25) is 0 Å². The number of amides is 1. The number of nitrogens with zero attached hydrogens (tertiary/aromatic N) is 5. The average Bonchev–Trinajstić information content (AvgIpc) is 2.71. The molecule has 1 aromatic heterocycles. The number of likely N-dealkylation sites (tertiary alicyclic amines) is 1. The summed E-state index contributed by atoms with van der Waals surface area (Å²) in [5, 5.41) is 20.1. The van der Waals surface area contributed by atoms with E-state index in [4.69, 9.17) is 5.11 Å². The molecule has 1 N–H and O–H groups in total. The SMILES string of the molecule is O=C(O)N1CCC(Cn2ncnn2)CC1. The van der Waals surface area contributed by atoms with Crippen LogP contribution >= 0.6 is 0 Å². The van der Waals surface area contributed by atoms with Crippen LogP contribution in [-0.4, -0.2) is 49.4 Å². The minimum Gasteiger partial charge on any atom is -0.465 e. The van der Waals surface area contributed by atoms with Gasteiger partial charge in [-0.05, 0) is 24.0 Å². The standard InChI is InChI=1S/C8H13N5O2/c14-8(15)12-3-1-7(2-4-12)5-13-10-6-9-11-13/h6-7H,1-5H2,(H,14,15). The molecule has 1 aliphatic heterocycles. The molecule has 0 saturated carbocycles. The molecule has 0 spiro atoms. The fourth-order valence-corrected chi connectivity index (χ4v) is 1.81. The Kier molecular flexibility index (Phi) is 2.79. The lowest BCUT2D eigenvalue weighted by Gasteiger charge is -2.29. The molecule has 0 atom stereocenters. The van der Waals surface area contributed by atoms with Gasteiger partial charge >= 0.3 is 6.09 Å². The van der Waals surface area contributed by atoms with E-state index in [0.29, 0.717) is 19.0 Å². The van der Waals surface area contributed by atoms with Gasteiger partial charge in [0.25, 0.3) is 0 Å². The number of aromatic nitrogens is 4. The fraction of sp³-hybridized carbons (Fsp3) is 0.750. The van der Waals surface area contributed by atoms with E-state index in [-0.39, 0.29) is 0 Å². The summed E-state index contributed by atoms with van der Waals surface area (Å²) in [5.74, 6) is 0.454. The predicted molar refractivity (Wildman–Crippen MR) is 50.1 cm³/mol. The van der Waals surface area contributed by atoms with Crippen molar-refractivity contribution in [3.8, 4) is 0 Å². The summed E-state index contributed by atoms with van der Waals surface area (Å²) in [6, 6.07) is 0. The minimum absolute atomic E-state index is 0.454. The molecule has 1 amide bonds. The van der Waals surface area contributed by atoms with Crippen molar-refractivity contribution in [1.29, 1.82) is 0 Å². The van der Waals surface area contributed by atoms with E-state index in [1.807, 2.05) is 0 Å². The van der Waals surface area contributed by atoms with E-state index in [9.17, 15) is 4.79 Å². The Balaban J connectivity index is 1.81. The molecule has 0 aromatic carbocycles. The van der Waals surface area contributed by atoms with Gasteiger partial charge in [0, 0.05) is 13.1 Å². The summed E-state index contributed by atoms with van der Waals surface area (Å²) < 4.78 is 0. The van der Waals surface area contributed by atoms with Gasteiger partial charge in [0.05, 0.1) is 6.54 Å². The van der Waals surface area contributed by atoms with Crippen molar-refractivity contribution in [2.24, 2.45) is 5.92 Å². The Hall–Kier alpha value is -1.66. The zero-order valence-electron chi connectivity index (χ0n) is 8.28. The molecule has 1 saturated heterocycles. The summed E-state index contributed by atoms with van der Waals surface area (Å²) >= 11 is 0. The fourth-order valence-electron chi connectivity index (χ4n) is 1.81. The molecule has 7 heteroatoms. The third kappa shape index (κ3) is 2.42. The van der Waals surface area contributed by atoms with E-state index in [2.05, 4.69) is 15.4 Å². The number of hydrogen-bond donors (Lipinski definition) is 1. The first-order chi connectivity index (χ1) is 7.25. The van der Waals surface area contributed by atoms with Crippen molar-refractivity contribution in [1.82, 2.24) is 25.1 Å². The second kappa shape index (κ2) is 4.24. The summed E-state index contributed by atoms with van der Waals surface area (Å²) in [4.78, 5) is 13.7. The molecular formula is C8H13N5O2. The van der Waals surface area contributed by atoms with E-state index < -0.39 is 6.09 Å². The topological polar surface area (TPSA) is 84.1 Å². The number of hydrogen-bond acceptors (Lipinski definition) is 4. The number of piperidine rings is 1. The minimum atomic E-state index is -0.827. The third-order valence-corrected chi connectivity index (χ3v) is 2.70. The molecule has 0 bridgehead atoms. The van der Waals surface area contributed by atoms with Gasteiger partial charge < -0.3 is 10.0 Å². The summed E-state index contributed by atoms with van der Waals surface area (Å²) in [5.41, 5.74) is 0. The monoisotopic (exact) mass is 211 g/mol. The highest BCUT2D eigenvalue weighted by molar-refractivity contribution is 5.64. The van der Waals surface area contributed by atoms with Crippen LogP contribution < -0.4 is 0 Å². The molecule has 15 heavy (non-hydrogen) atoms. The van der Waals surface area contributed by atoms with Crippen LogP contribution in [0.25, 0.3) is 0 Å². The molecule has 0 aliphatic carbocycles. The zero-order chi connectivity index (χ0) is 10.7. The Labute approximate surface area is 86.7 Å². The molecule has 2 rings (SSSR count). The van der Waals surface area contributed by atoms with Crippen LogP contribution in [-0.2, 0) is 6.54 Å². The van der Waals surface area contributed by atoms with Gasteiger partial charge in [-0.3, -0.25) is 0 Å². The van der Waals surface area contributed by atoms with Crippen LogP contribution in [0.3, 0.4) is 0 Å². The van der Waals surface area contributed by atoms with Crippen molar-refractivity contribution in [2.75, 3.05) is 13.1 Å². The Morgan fingerprint density at radius 2 is 2.20 bits per heavy atom. The predicted octanol–water partition coefficient (Wildman–Crippen LogP) is 0.0631. The van der Waals surface area contributed by atoms with Crippen molar-refractivity contribution >= 4 is 6.09 Å². The normalized spacial score (nSPS) is 18.0.